The molecule has 1 saturated heterocycles. The first kappa shape index (κ1) is 10.6. The van der Waals surface area contributed by atoms with Gasteiger partial charge in [-0.25, -0.2) is 0 Å². The Morgan fingerprint density at radius 2 is 2.25 bits per heavy atom. The summed E-state index contributed by atoms with van der Waals surface area (Å²) in [5.41, 5.74) is 0. The SMILES string of the molecule is COc1nc(C)nc(N2CCCC2C#N)n1. The Hall–Kier alpha value is -1.90. The molecular weight excluding hydrogens is 206 g/mol. The molecule has 2 heterocycles. The van der Waals surface area contributed by atoms with Crippen LogP contribution in [0.3, 0.4) is 0 Å². The summed E-state index contributed by atoms with van der Waals surface area (Å²) in [5, 5.41) is 9.00. The van der Waals surface area contributed by atoms with Crippen LogP contribution in [0.1, 0.15) is 18.7 Å². The van der Waals surface area contributed by atoms with Crippen molar-refractivity contribution in [2.45, 2.75) is 25.8 Å². The molecule has 84 valence electrons. The minimum absolute atomic E-state index is 0.133. The van der Waals surface area contributed by atoms with Crippen LogP contribution >= 0.6 is 0 Å². The molecule has 6 heteroatoms. The van der Waals surface area contributed by atoms with Gasteiger partial charge in [0.2, 0.25) is 5.95 Å². The highest BCUT2D eigenvalue weighted by Crippen LogP contribution is 2.22. The van der Waals surface area contributed by atoms with Crippen molar-refractivity contribution in [3.05, 3.63) is 5.82 Å². The third kappa shape index (κ3) is 1.89. The van der Waals surface area contributed by atoms with Crippen LogP contribution in [0.15, 0.2) is 0 Å². The monoisotopic (exact) mass is 219 g/mol. The maximum Gasteiger partial charge on any atom is 0.321 e. The zero-order chi connectivity index (χ0) is 11.5. The molecule has 0 radical (unpaired) electrons. The predicted molar refractivity (Wildman–Crippen MR) is 57.1 cm³/mol. The second-order valence-corrected chi connectivity index (χ2v) is 3.65. The van der Waals surface area contributed by atoms with E-state index in [1.54, 1.807) is 6.92 Å². The maximum absolute atomic E-state index is 9.00. The first-order valence-corrected chi connectivity index (χ1v) is 5.17. The van der Waals surface area contributed by atoms with Crippen molar-refractivity contribution in [2.75, 3.05) is 18.6 Å². The predicted octanol–water partition coefficient (Wildman–Crippen LogP) is 0.681. The van der Waals surface area contributed by atoms with E-state index in [9.17, 15) is 0 Å². The summed E-state index contributed by atoms with van der Waals surface area (Å²) in [6, 6.07) is 2.42. The van der Waals surface area contributed by atoms with Gasteiger partial charge in [0.25, 0.3) is 0 Å². The van der Waals surface area contributed by atoms with Crippen LogP contribution in [0, 0.1) is 18.3 Å². The minimum atomic E-state index is -0.133. The van der Waals surface area contributed by atoms with Crippen molar-refractivity contribution in [3.63, 3.8) is 0 Å². The van der Waals surface area contributed by atoms with E-state index in [-0.39, 0.29) is 6.04 Å². The van der Waals surface area contributed by atoms with Crippen molar-refractivity contribution in [3.8, 4) is 12.1 Å². The molecule has 0 bridgehead atoms. The van der Waals surface area contributed by atoms with Crippen LogP contribution < -0.4 is 9.64 Å². The van der Waals surface area contributed by atoms with Crippen LogP contribution in [0.25, 0.3) is 0 Å². The van der Waals surface area contributed by atoms with E-state index in [1.807, 2.05) is 4.90 Å². The van der Waals surface area contributed by atoms with Crippen LogP contribution in [0.5, 0.6) is 6.01 Å². The first-order chi connectivity index (χ1) is 7.74. The number of hydrogen-bond acceptors (Lipinski definition) is 6. The lowest BCUT2D eigenvalue weighted by Crippen LogP contribution is -2.29. The van der Waals surface area contributed by atoms with Gasteiger partial charge in [-0.05, 0) is 19.8 Å². The van der Waals surface area contributed by atoms with E-state index in [0.717, 1.165) is 19.4 Å². The molecule has 1 unspecified atom stereocenters. The van der Waals surface area contributed by atoms with Crippen molar-refractivity contribution >= 4 is 5.95 Å². The van der Waals surface area contributed by atoms with Crippen molar-refractivity contribution in [2.24, 2.45) is 0 Å². The van der Waals surface area contributed by atoms with Gasteiger partial charge >= 0.3 is 6.01 Å². The minimum Gasteiger partial charge on any atom is -0.467 e. The molecule has 2 rings (SSSR count). The topological polar surface area (TPSA) is 74.9 Å². The fourth-order valence-corrected chi connectivity index (χ4v) is 1.80. The standard InChI is InChI=1S/C10H13N5O/c1-7-12-9(14-10(13-7)16-2)15-5-3-4-8(15)6-11/h8H,3-5H2,1-2H3. The Labute approximate surface area is 93.9 Å². The van der Waals surface area contributed by atoms with Crippen molar-refractivity contribution in [1.82, 2.24) is 15.0 Å². The molecule has 0 aliphatic carbocycles. The molecule has 0 saturated carbocycles. The number of hydrogen-bond donors (Lipinski definition) is 0. The van der Waals surface area contributed by atoms with Gasteiger partial charge in [-0.3, -0.25) is 0 Å². The lowest BCUT2D eigenvalue weighted by atomic mass is 10.2. The molecule has 6 nitrogen and oxygen atoms in total. The van der Waals surface area contributed by atoms with Crippen LogP contribution in [-0.4, -0.2) is 34.6 Å². The summed E-state index contributed by atoms with van der Waals surface area (Å²) in [6.45, 7) is 2.59. The average Bonchev–Trinajstić information content (AvgIpc) is 2.76. The summed E-state index contributed by atoms with van der Waals surface area (Å²) < 4.78 is 4.99. The van der Waals surface area contributed by atoms with Crippen molar-refractivity contribution in [1.29, 1.82) is 5.26 Å². The van der Waals surface area contributed by atoms with Crippen LogP contribution in [0.4, 0.5) is 5.95 Å². The van der Waals surface area contributed by atoms with Gasteiger partial charge in [0, 0.05) is 6.54 Å². The number of ether oxygens (including phenoxy) is 1. The quantitative estimate of drug-likeness (QED) is 0.728. The number of anilines is 1. The Bertz CT molecular complexity index is 428. The molecule has 0 N–H and O–H groups in total. The zero-order valence-electron chi connectivity index (χ0n) is 9.34. The molecular formula is C10H13N5O. The fourth-order valence-electron chi connectivity index (χ4n) is 1.80. The van der Waals surface area contributed by atoms with E-state index in [0.29, 0.717) is 17.8 Å². The second kappa shape index (κ2) is 4.31. The Balaban J connectivity index is 2.33. The number of aryl methyl sites for hydroxylation is 1. The van der Waals surface area contributed by atoms with E-state index >= 15 is 0 Å². The summed E-state index contributed by atoms with van der Waals surface area (Å²) in [6.07, 6.45) is 1.86. The van der Waals surface area contributed by atoms with Gasteiger partial charge in [0.1, 0.15) is 11.9 Å². The molecule has 1 aliphatic rings. The lowest BCUT2D eigenvalue weighted by molar-refractivity contribution is 0.376. The van der Waals surface area contributed by atoms with Gasteiger partial charge in [0.05, 0.1) is 13.2 Å². The highest BCUT2D eigenvalue weighted by molar-refractivity contribution is 5.37. The van der Waals surface area contributed by atoms with Crippen molar-refractivity contribution < 1.29 is 4.74 Å². The van der Waals surface area contributed by atoms with Gasteiger partial charge in [-0.2, -0.15) is 20.2 Å². The van der Waals surface area contributed by atoms with Gasteiger partial charge < -0.3 is 9.64 Å². The van der Waals surface area contributed by atoms with E-state index in [1.165, 1.54) is 7.11 Å². The highest BCUT2D eigenvalue weighted by atomic mass is 16.5. The van der Waals surface area contributed by atoms with E-state index in [4.69, 9.17) is 10.00 Å². The fraction of sp³-hybridized carbons (Fsp3) is 0.600. The van der Waals surface area contributed by atoms with Crippen LogP contribution in [-0.2, 0) is 0 Å². The molecule has 1 fully saturated rings. The van der Waals surface area contributed by atoms with E-state index < -0.39 is 0 Å². The van der Waals surface area contributed by atoms with Gasteiger partial charge in [0.15, 0.2) is 0 Å². The Morgan fingerprint density at radius 1 is 1.44 bits per heavy atom. The normalized spacial score (nSPS) is 19.6. The smallest absolute Gasteiger partial charge is 0.321 e. The number of aromatic nitrogens is 3. The first-order valence-electron chi connectivity index (χ1n) is 5.17. The Morgan fingerprint density at radius 3 is 2.94 bits per heavy atom. The largest absolute Gasteiger partial charge is 0.467 e. The highest BCUT2D eigenvalue weighted by Gasteiger charge is 2.27. The van der Waals surface area contributed by atoms with Crippen LogP contribution in [0.2, 0.25) is 0 Å². The molecule has 1 aromatic rings. The molecule has 0 amide bonds. The molecule has 0 spiro atoms. The molecule has 1 atom stereocenters. The van der Waals surface area contributed by atoms with E-state index in [2.05, 4.69) is 21.0 Å². The molecule has 1 aromatic heterocycles. The molecule has 16 heavy (non-hydrogen) atoms. The van der Waals surface area contributed by atoms with Gasteiger partial charge in [-0.15, -0.1) is 0 Å². The average molecular weight is 219 g/mol. The summed E-state index contributed by atoms with van der Waals surface area (Å²) in [4.78, 5) is 14.3. The second-order valence-electron chi connectivity index (χ2n) is 3.65. The number of methoxy groups -OCH3 is 1. The maximum atomic E-state index is 9.00. The number of rotatable bonds is 2. The Kier molecular flexibility index (Phi) is 2.86. The third-order valence-electron chi connectivity index (χ3n) is 2.56. The summed E-state index contributed by atoms with van der Waals surface area (Å²) in [5.74, 6) is 1.14. The van der Waals surface area contributed by atoms with Gasteiger partial charge in [-0.1, -0.05) is 0 Å². The summed E-state index contributed by atoms with van der Waals surface area (Å²) >= 11 is 0. The lowest BCUT2D eigenvalue weighted by Gasteiger charge is -2.19. The molecule has 1 aliphatic heterocycles. The number of nitrogens with zero attached hydrogens (tertiary/aromatic N) is 5. The number of nitriles is 1. The summed E-state index contributed by atoms with van der Waals surface area (Å²) in [7, 11) is 1.52. The third-order valence-corrected chi connectivity index (χ3v) is 2.56. The molecule has 0 aromatic carbocycles. The zero-order valence-corrected chi connectivity index (χ0v) is 9.34.